The van der Waals surface area contributed by atoms with Crippen LogP contribution in [0, 0.1) is 0 Å². The molecular formula is C19H24N2O2. The molecule has 1 aromatic heterocycles. The molecule has 1 aliphatic carbocycles. The van der Waals surface area contributed by atoms with Crippen molar-refractivity contribution in [1.29, 1.82) is 0 Å². The van der Waals surface area contributed by atoms with E-state index in [1.807, 2.05) is 20.8 Å². The van der Waals surface area contributed by atoms with Crippen LogP contribution in [0.1, 0.15) is 56.1 Å². The van der Waals surface area contributed by atoms with Crippen molar-refractivity contribution in [2.75, 3.05) is 5.32 Å². The number of hydrogen-bond acceptors (Lipinski definition) is 3. The average molecular weight is 312 g/mol. The summed E-state index contributed by atoms with van der Waals surface area (Å²) in [5.74, 6) is 1.19. The minimum Gasteiger partial charge on any atom is -0.359 e. The fourth-order valence-electron chi connectivity index (χ4n) is 2.96. The first-order valence-corrected chi connectivity index (χ1v) is 8.29. The lowest BCUT2D eigenvalue weighted by atomic mass is 9.90. The first-order valence-electron chi connectivity index (χ1n) is 8.29. The molecule has 23 heavy (non-hydrogen) atoms. The smallest absolute Gasteiger partial charge is 0.230 e. The van der Waals surface area contributed by atoms with E-state index in [9.17, 15) is 4.79 Å². The Hall–Kier alpha value is -2.10. The molecule has 4 nitrogen and oxygen atoms in total. The van der Waals surface area contributed by atoms with E-state index in [1.165, 1.54) is 24.0 Å². The van der Waals surface area contributed by atoms with Crippen LogP contribution >= 0.6 is 0 Å². The summed E-state index contributed by atoms with van der Waals surface area (Å²) in [5, 5.41) is 6.75. The second-order valence-electron chi connectivity index (χ2n) is 7.36. The van der Waals surface area contributed by atoms with E-state index in [1.54, 1.807) is 6.07 Å². The molecule has 122 valence electrons. The van der Waals surface area contributed by atoms with Gasteiger partial charge in [-0.05, 0) is 42.4 Å². The lowest BCUT2D eigenvalue weighted by Gasteiger charge is -2.16. The summed E-state index contributed by atoms with van der Waals surface area (Å²) >= 11 is 0. The normalized spacial score (nSPS) is 14.4. The van der Waals surface area contributed by atoms with Crippen LogP contribution in [0.4, 0.5) is 5.82 Å². The summed E-state index contributed by atoms with van der Waals surface area (Å²) in [7, 11) is 0. The summed E-state index contributed by atoms with van der Waals surface area (Å²) in [5.41, 5.74) is 3.78. The number of nitrogens with zero attached hydrogens (tertiary/aromatic N) is 1. The zero-order valence-corrected chi connectivity index (χ0v) is 14.1. The van der Waals surface area contributed by atoms with Crippen molar-refractivity contribution < 1.29 is 9.32 Å². The molecule has 1 aromatic carbocycles. The Kier molecular flexibility index (Phi) is 4.24. The van der Waals surface area contributed by atoms with Crippen LogP contribution in [0.5, 0.6) is 0 Å². The first kappa shape index (κ1) is 15.8. The zero-order valence-electron chi connectivity index (χ0n) is 14.1. The van der Waals surface area contributed by atoms with Gasteiger partial charge in [-0.1, -0.05) is 44.1 Å². The number of anilines is 1. The molecular weight excluding hydrogens is 288 g/mol. The van der Waals surface area contributed by atoms with Crippen LogP contribution in [0.2, 0.25) is 0 Å². The highest BCUT2D eigenvalue weighted by atomic mass is 16.5. The molecule has 0 spiro atoms. The van der Waals surface area contributed by atoms with Crippen LogP contribution in [-0.4, -0.2) is 11.1 Å². The van der Waals surface area contributed by atoms with Crippen LogP contribution in [-0.2, 0) is 29.5 Å². The maximum Gasteiger partial charge on any atom is 0.230 e. The maximum atomic E-state index is 12.2. The summed E-state index contributed by atoms with van der Waals surface area (Å²) in [6.45, 7) is 6.14. The Morgan fingerprint density at radius 1 is 1.17 bits per heavy atom. The Morgan fingerprint density at radius 2 is 1.91 bits per heavy atom. The third-order valence-electron chi connectivity index (χ3n) is 4.29. The van der Waals surface area contributed by atoms with Gasteiger partial charge in [0.25, 0.3) is 0 Å². The Balaban J connectivity index is 1.64. The van der Waals surface area contributed by atoms with Gasteiger partial charge in [0.15, 0.2) is 5.82 Å². The van der Waals surface area contributed by atoms with Crippen molar-refractivity contribution in [1.82, 2.24) is 5.16 Å². The molecule has 0 atom stereocenters. The third-order valence-corrected chi connectivity index (χ3v) is 4.29. The number of carbonyl (C=O) groups is 1. The molecule has 0 aliphatic heterocycles. The van der Waals surface area contributed by atoms with Crippen LogP contribution in [0.25, 0.3) is 0 Å². The Bertz CT molecular complexity index is 710. The number of hydrogen-bond donors (Lipinski definition) is 1. The average Bonchev–Trinajstić information content (AvgIpc) is 2.95. The topological polar surface area (TPSA) is 55.1 Å². The zero-order chi connectivity index (χ0) is 16.4. The SMILES string of the molecule is CC(C)(C)c1cc(NC(=O)Cc2ccc3c(c2)CCCC3)no1. The number of benzene rings is 1. The van der Waals surface area contributed by atoms with Gasteiger partial charge in [0.2, 0.25) is 5.91 Å². The fourth-order valence-corrected chi connectivity index (χ4v) is 2.96. The monoisotopic (exact) mass is 312 g/mol. The molecule has 0 saturated carbocycles. The highest BCUT2D eigenvalue weighted by molar-refractivity contribution is 5.91. The second kappa shape index (κ2) is 6.19. The number of fused-ring (bicyclic) bond motifs is 1. The van der Waals surface area contributed by atoms with Crippen molar-refractivity contribution in [2.45, 2.75) is 58.3 Å². The lowest BCUT2D eigenvalue weighted by Crippen LogP contribution is -2.15. The van der Waals surface area contributed by atoms with E-state index in [-0.39, 0.29) is 11.3 Å². The van der Waals surface area contributed by atoms with Gasteiger partial charge in [-0.3, -0.25) is 4.79 Å². The van der Waals surface area contributed by atoms with Crippen molar-refractivity contribution in [2.24, 2.45) is 0 Å². The molecule has 0 unspecified atom stereocenters. The third kappa shape index (κ3) is 3.81. The fraction of sp³-hybridized carbons (Fsp3) is 0.474. The maximum absolute atomic E-state index is 12.2. The predicted molar refractivity (Wildman–Crippen MR) is 90.6 cm³/mol. The highest BCUT2D eigenvalue weighted by Gasteiger charge is 2.20. The van der Waals surface area contributed by atoms with Gasteiger partial charge in [-0.2, -0.15) is 0 Å². The van der Waals surface area contributed by atoms with E-state index in [0.29, 0.717) is 12.2 Å². The van der Waals surface area contributed by atoms with Gasteiger partial charge < -0.3 is 9.84 Å². The molecule has 1 heterocycles. The molecule has 3 rings (SSSR count). The van der Waals surface area contributed by atoms with E-state index in [4.69, 9.17) is 4.52 Å². The quantitative estimate of drug-likeness (QED) is 0.931. The molecule has 0 bridgehead atoms. The Labute approximate surface area is 137 Å². The van der Waals surface area contributed by atoms with E-state index < -0.39 is 0 Å². The van der Waals surface area contributed by atoms with Gasteiger partial charge in [-0.25, -0.2) is 0 Å². The summed E-state index contributed by atoms with van der Waals surface area (Å²) in [6.07, 6.45) is 5.18. The standard InChI is InChI=1S/C19H24N2O2/c1-19(2,3)16-12-17(21-23-16)20-18(22)11-13-8-9-14-6-4-5-7-15(14)10-13/h8-10,12H,4-7,11H2,1-3H3,(H,20,21,22). The number of aryl methyl sites for hydroxylation is 2. The minimum absolute atomic E-state index is 0.0606. The van der Waals surface area contributed by atoms with Crippen molar-refractivity contribution >= 4 is 11.7 Å². The molecule has 0 radical (unpaired) electrons. The molecule has 4 heteroatoms. The largest absolute Gasteiger partial charge is 0.359 e. The summed E-state index contributed by atoms with van der Waals surface area (Å²) in [6, 6.07) is 8.21. The van der Waals surface area contributed by atoms with Gasteiger partial charge >= 0.3 is 0 Å². The van der Waals surface area contributed by atoms with Crippen LogP contribution in [0.3, 0.4) is 0 Å². The molecule has 1 aliphatic rings. The summed E-state index contributed by atoms with van der Waals surface area (Å²) in [4.78, 5) is 12.2. The van der Waals surface area contributed by atoms with Crippen molar-refractivity contribution in [3.63, 3.8) is 0 Å². The van der Waals surface area contributed by atoms with Gasteiger partial charge in [0.1, 0.15) is 5.76 Å². The second-order valence-corrected chi connectivity index (χ2v) is 7.36. The van der Waals surface area contributed by atoms with Crippen LogP contribution in [0.15, 0.2) is 28.8 Å². The van der Waals surface area contributed by atoms with Crippen LogP contribution < -0.4 is 5.32 Å². The van der Waals surface area contributed by atoms with Gasteiger partial charge in [0, 0.05) is 11.5 Å². The molecule has 1 amide bonds. The highest BCUT2D eigenvalue weighted by Crippen LogP contribution is 2.25. The lowest BCUT2D eigenvalue weighted by molar-refractivity contribution is -0.115. The van der Waals surface area contributed by atoms with Crippen molar-refractivity contribution in [3.05, 3.63) is 46.7 Å². The molecule has 0 fully saturated rings. The molecule has 0 saturated heterocycles. The summed E-state index contributed by atoms with van der Waals surface area (Å²) < 4.78 is 5.29. The van der Waals surface area contributed by atoms with E-state index in [2.05, 4.69) is 28.7 Å². The number of carbonyl (C=O) groups excluding carboxylic acids is 1. The first-order chi connectivity index (χ1) is 10.9. The minimum atomic E-state index is -0.117. The number of nitrogens with one attached hydrogen (secondary N) is 1. The van der Waals surface area contributed by atoms with Crippen molar-refractivity contribution in [3.8, 4) is 0 Å². The molecule has 2 aromatic rings. The van der Waals surface area contributed by atoms with E-state index in [0.717, 1.165) is 24.2 Å². The predicted octanol–water partition coefficient (Wildman–Crippen LogP) is 4.03. The van der Waals surface area contributed by atoms with E-state index >= 15 is 0 Å². The number of aromatic nitrogens is 1. The Morgan fingerprint density at radius 3 is 2.61 bits per heavy atom. The van der Waals surface area contributed by atoms with Gasteiger partial charge in [-0.15, -0.1) is 0 Å². The number of rotatable bonds is 3. The van der Waals surface area contributed by atoms with Gasteiger partial charge in [0.05, 0.1) is 6.42 Å². The number of amides is 1. The molecule has 1 N–H and O–H groups in total.